The van der Waals surface area contributed by atoms with Gasteiger partial charge in [-0.1, -0.05) is 0 Å². The van der Waals surface area contributed by atoms with E-state index in [9.17, 15) is 13.9 Å². The summed E-state index contributed by atoms with van der Waals surface area (Å²) in [5.74, 6) is -1.16. The van der Waals surface area contributed by atoms with Gasteiger partial charge in [0.1, 0.15) is 12.6 Å². The van der Waals surface area contributed by atoms with Crippen LogP contribution in [-0.4, -0.2) is 61.5 Å². The van der Waals surface area contributed by atoms with Crippen LogP contribution in [0.3, 0.4) is 0 Å². The summed E-state index contributed by atoms with van der Waals surface area (Å²) >= 11 is 0. The average molecular weight is 375 g/mol. The molecule has 0 aromatic heterocycles. The molecule has 0 radical (unpaired) electrons. The summed E-state index contributed by atoms with van der Waals surface area (Å²) in [6.45, 7) is 0.345. The molecular formula is C9H23N5O7P2. The van der Waals surface area contributed by atoms with Gasteiger partial charge in [-0.2, -0.15) is 0 Å². The molecule has 0 unspecified atom stereocenters. The molecule has 0 saturated heterocycles. The van der Waals surface area contributed by atoms with Crippen molar-refractivity contribution in [2.24, 2.45) is 11.5 Å². The van der Waals surface area contributed by atoms with Crippen LogP contribution < -0.4 is 16.8 Å². The standard InChI is InChI=1S/C9H23N5O7P2/c10-8(15)7(3-1-2-4-13-9(11)12)14(5-22(16,17)18)6-23(19,20)21/h7H,1-6H2,(H2,10,15)(H4,11,12,13)(H2,16,17,18)(H2,19,20,21)/t7-/m0/s1. The SMILES string of the molecule is N=C(N)NCCCC[C@@H](C(N)=O)N(CP(=O)(O)O)CP(=O)(O)O. The summed E-state index contributed by atoms with van der Waals surface area (Å²) in [5.41, 5.74) is 10.3. The molecule has 0 aliphatic heterocycles. The van der Waals surface area contributed by atoms with Gasteiger partial charge in [0.05, 0.1) is 6.04 Å². The molecule has 136 valence electrons. The second-order valence-corrected chi connectivity index (χ2v) is 8.18. The highest BCUT2D eigenvalue weighted by molar-refractivity contribution is 7.52. The molecule has 0 aliphatic carbocycles. The van der Waals surface area contributed by atoms with Gasteiger partial charge in [-0.25, -0.2) is 0 Å². The molecule has 23 heavy (non-hydrogen) atoms. The molecule has 0 fully saturated rings. The highest BCUT2D eigenvalue weighted by Gasteiger charge is 2.33. The minimum absolute atomic E-state index is 0.0505. The van der Waals surface area contributed by atoms with E-state index in [-0.39, 0.29) is 12.4 Å². The van der Waals surface area contributed by atoms with Crippen molar-refractivity contribution >= 4 is 27.1 Å². The fourth-order valence-electron chi connectivity index (χ4n) is 1.91. The molecule has 0 heterocycles. The summed E-state index contributed by atoms with van der Waals surface area (Å²) in [5, 5.41) is 9.50. The number of unbranched alkanes of at least 4 members (excludes halogenated alkanes) is 1. The molecule has 0 aromatic carbocycles. The molecule has 0 rings (SSSR count). The van der Waals surface area contributed by atoms with E-state index in [1.165, 1.54) is 0 Å². The van der Waals surface area contributed by atoms with Crippen molar-refractivity contribution in [2.45, 2.75) is 25.3 Å². The smallest absolute Gasteiger partial charge is 0.339 e. The van der Waals surface area contributed by atoms with Gasteiger partial charge in [-0.3, -0.25) is 24.2 Å². The minimum Gasteiger partial charge on any atom is -0.370 e. The van der Waals surface area contributed by atoms with Gasteiger partial charge in [0.2, 0.25) is 5.91 Å². The van der Waals surface area contributed by atoms with E-state index in [2.05, 4.69) is 5.32 Å². The van der Waals surface area contributed by atoms with E-state index in [1.54, 1.807) is 0 Å². The molecule has 14 heteroatoms. The first-order chi connectivity index (χ1) is 10.3. The van der Waals surface area contributed by atoms with Gasteiger partial charge >= 0.3 is 15.2 Å². The number of amides is 1. The Morgan fingerprint density at radius 3 is 1.91 bits per heavy atom. The zero-order valence-electron chi connectivity index (χ0n) is 12.3. The lowest BCUT2D eigenvalue weighted by molar-refractivity contribution is -0.123. The van der Waals surface area contributed by atoms with E-state index in [0.717, 1.165) is 0 Å². The number of nitrogens with zero attached hydrogens (tertiary/aromatic N) is 1. The van der Waals surface area contributed by atoms with Gasteiger partial charge in [0.15, 0.2) is 5.96 Å². The molecule has 1 atom stereocenters. The summed E-state index contributed by atoms with van der Waals surface area (Å²) in [6, 6.07) is -1.23. The van der Waals surface area contributed by atoms with Gasteiger partial charge in [-0.15, -0.1) is 0 Å². The van der Waals surface area contributed by atoms with E-state index in [4.69, 9.17) is 36.5 Å². The zero-order chi connectivity index (χ0) is 18.3. The molecular weight excluding hydrogens is 352 g/mol. The van der Waals surface area contributed by atoms with E-state index >= 15 is 0 Å². The zero-order valence-corrected chi connectivity index (χ0v) is 14.1. The Labute approximate surface area is 133 Å². The predicted octanol–water partition coefficient (Wildman–Crippen LogP) is -1.93. The van der Waals surface area contributed by atoms with Crippen LogP contribution in [0.4, 0.5) is 0 Å². The predicted molar refractivity (Wildman–Crippen MR) is 82.4 cm³/mol. The van der Waals surface area contributed by atoms with Crippen molar-refractivity contribution in [1.82, 2.24) is 10.2 Å². The van der Waals surface area contributed by atoms with Crippen molar-refractivity contribution in [2.75, 3.05) is 19.1 Å². The quantitative estimate of drug-likeness (QED) is 0.0863. The van der Waals surface area contributed by atoms with Crippen molar-refractivity contribution in [1.29, 1.82) is 5.41 Å². The Morgan fingerprint density at radius 2 is 1.57 bits per heavy atom. The van der Waals surface area contributed by atoms with Gasteiger partial charge in [0.25, 0.3) is 0 Å². The maximum absolute atomic E-state index is 11.5. The lowest BCUT2D eigenvalue weighted by Gasteiger charge is -2.29. The third-order valence-electron chi connectivity index (χ3n) is 2.72. The van der Waals surface area contributed by atoms with Crippen LogP contribution in [0.2, 0.25) is 0 Å². The Kier molecular flexibility index (Phi) is 8.93. The number of carbonyl (C=O) groups is 1. The van der Waals surface area contributed by atoms with Gasteiger partial charge < -0.3 is 36.4 Å². The number of guanidine groups is 1. The second-order valence-electron chi connectivity index (χ2n) is 4.96. The van der Waals surface area contributed by atoms with Crippen molar-refractivity contribution in [3.05, 3.63) is 0 Å². The minimum atomic E-state index is -4.64. The van der Waals surface area contributed by atoms with Gasteiger partial charge in [-0.05, 0) is 19.3 Å². The fraction of sp³-hybridized carbons (Fsp3) is 0.778. The number of primary amides is 1. The van der Waals surface area contributed by atoms with Crippen LogP contribution in [0.15, 0.2) is 0 Å². The lowest BCUT2D eigenvalue weighted by atomic mass is 10.1. The van der Waals surface area contributed by atoms with Crippen LogP contribution in [0.1, 0.15) is 19.3 Å². The average Bonchev–Trinajstić information content (AvgIpc) is 2.28. The number of hydrogen-bond acceptors (Lipinski definition) is 5. The Bertz CT molecular complexity index is 481. The molecule has 0 saturated carbocycles. The summed E-state index contributed by atoms with van der Waals surface area (Å²) in [6.07, 6.45) is -1.08. The van der Waals surface area contributed by atoms with E-state index in [0.29, 0.717) is 24.3 Å². The summed E-state index contributed by atoms with van der Waals surface area (Å²) < 4.78 is 22.2. The second kappa shape index (κ2) is 9.33. The first-order valence-corrected chi connectivity index (χ1v) is 10.1. The normalized spacial score (nSPS) is 13.8. The monoisotopic (exact) mass is 375 g/mol. The molecule has 0 aromatic rings. The molecule has 0 aliphatic rings. The first-order valence-electron chi connectivity index (χ1n) is 6.52. The molecule has 12 nitrogen and oxygen atoms in total. The van der Waals surface area contributed by atoms with Crippen molar-refractivity contribution in [3.8, 4) is 0 Å². The maximum atomic E-state index is 11.5. The highest BCUT2D eigenvalue weighted by atomic mass is 31.2. The first kappa shape index (κ1) is 22.0. The van der Waals surface area contributed by atoms with Crippen LogP contribution in [0, 0.1) is 5.41 Å². The van der Waals surface area contributed by atoms with E-state index in [1.807, 2.05) is 0 Å². The van der Waals surface area contributed by atoms with Crippen LogP contribution >= 0.6 is 15.2 Å². The van der Waals surface area contributed by atoms with Crippen LogP contribution in [-0.2, 0) is 13.9 Å². The lowest BCUT2D eigenvalue weighted by Crippen LogP contribution is -2.45. The molecule has 0 spiro atoms. The number of rotatable bonds is 11. The third-order valence-corrected chi connectivity index (χ3v) is 4.18. The third kappa shape index (κ3) is 12.1. The van der Waals surface area contributed by atoms with Crippen molar-refractivity contribution < 1.29 is 33.5 Å². The Hall–Kier alpha value is -1.00. The number of nitrogens with one attached hydrogen (secondary N) is 2. The number of carbonyl (C=O) groups excluding carboxylic acids is 1. The fourth-order valence-corrected chi connectivity index (χ4v) is 3.60. The molecule has 1 amide bonds. The van der Waals surface area contributed by atoms with Gasteiger partial charge in [0, 0.05) is 6.54 Å². The maximum Gasteiger partial charge on any atom is 0.339 e. The largest absolute Gasteiger partial charge is 0.370 e. The summed E-state index contributed by atoms with van der Waals surface area (Å²) in [4.78, 5) is 48.2. The highest BCUT2D eigenvalue weighted by Crippen LogP contribution is 2.42. The number of hydrogen-bond donors (Lipinski definition) is 8. The number of nitrogens with two attached hydrogens (primary N) is 2. The van der Waals surface area contributed by atoms with Crippen LogP contribution in [0.25, 0.3) is 0 Å². The summed E-state index contributed by atoms with van der Waals surface area (Å²) in [7, 11) is -9.28. The molecule has 10 N–H and O–H groups in total. The Morgan fingerprint density at radius 1 is 1.09 bits per heavy atom. The van der Waals surface area contributed by atoms with Crippen molar-refractivity contribution in [3.63, 3.8) is 0 Å². The topological polar surface area (TPSA) is 223 Å². The van der Waals surface area contributed by atoms with Crippen LogP contribution in [0.5, 0.6) is 0 Å². The Balaban J connectivity index is 4.86. The molecule has 0 bridgehead atoms. The van der Waals surface area contributed by atoms with E-state index < -0.39 is 39.7 Å².